The Bertz CT molecular complexity index is 840. The lowest BCUT2D eigenvalue weighted by molar-refractivity contribution is -0.203. The molecule has 0 aromatic rings. The maximum atomic E-state index is 10.9. The third kappa shape index (κ3) is 2.61. The van der Waals surface area contributed by atoms with E-state index >= 15 is 0 Å². The number of allylic oxidation sites excluding steroid dienone is 3. The fourth-order valence-corrected chi connectivity index (χ4v) is 10.6. The van der Waals surface area contributed by atoms with E-state index in [1.807, 2.05) is 0 Å². The van der Waals surface area contributed by atoms with E-state index in [4.69, 9.17) is 0 Å². The average Bonchev–Trinajstić information content (AvgIpc) is 2.74. The zero-order chi connectivity index (χ0) is 23.3. The molecule has 0 spiro atoms. The highest BCUT2D eigenvalue weighted by Crippen LogP contribution is 2.75. The van der Waals surface area contributed by atoms with Crippen molar-refractivity contribution in [3.05, 3.63) is 23.8 Å². The minimum absolute atomic E-state index is 0.00740. The van der Waals surface area contributed by atoms with E-state index in [2.05, 4.69) is 54.2 Å². The van der Waals surface area contributed by atoms with Crippen LogP contribution in [0.5, 0.6) is 0 Å². The van der Waals surface area contributed by atoms with Crippen molar-refractivity contribution < 1.29 is 10.2 Å². The van der Waals surface area contributed by atoms with E-state index in [-0.39, 0.29) is 22.3 Å². The summed E-state index contributed by atoms with van der Waals surface area (Å²) in [7, 11) is 0. The first-order valence-electron chi connectivity index (χ1n) is 13.5. The summed E-state index contributed by atoms with van der Waals surface area (Å²) in [5, 5.41) is 21.5. The Morgan fingerprint density at radius 1 is 0.969 bits per heavy atom. The molecule has 5 rings (SSSR count). The number of hydrogen-bond acceptors (Lipinski definition) is 2. The van der Waals surface area contributed by atoms with E-state index in [1.165, 1.54) is 37.7 Å². The molecule has 2 heteroatoms. The van der Waals surface area contributed by atoms with Crippen LogP contribution in [-0.2, 0) is 0 Å². The van der Waals surface area contributed by atoms with E-state index in [1.54, 1.807) is 5.57 Å². The molecule has 2 N–H and O–H groups in total. The second-order valence-corrected chi connectivity index (χ2v) is 14.1. The second-order valence-electron chi connectivity index (χ2n) is 14.1. The molecule has 0 radical (unpaired) electrons. The minimum Gasteiger partial charge on any atom is -0.396 e. The molecule has 0 amide bonds. The largest absolute Gasteiger partial charge is 0.396 e. The highest BCUT2D eigenvalue weighted by Gasteiger charge is 2.68. The van der Waals surface area contributed by atoms with Crippen molar-refractivity contribution in [1.29, 1.82) is 0 Å². The number of aliphatic hydroxyl groups is 2. The molecule has 2 nitrogen and oxygen atoms in total. The molecule has 180 valence electrons. The predicted molar refractivity (Wildman–Crippen MR) is 132 cm³/mol. The van der Waals surface area contributed by atoms with Crippen LogP contribution in [0.15, 0.2) is 23.8 Å². The van der Waals surface area contributed by atoms with Crippen LogP contribution in [0.3, 0.4) is 0 Å². The molecule has 4 saturated carbocycles. The van der Waals surface area contributed by atoms with Gasteiger partial charge < -0.3 is 10.2 Å². The topological polar surface area (TPSA) is 40.5 Å². The van der Waals surface area contributed by atoms with Gasteiger partial charge in [0.2, 0.25) is 0 Å². The third-order valence-corrected chi connectivity index (χ3v) is 13.0. The molecule has 0 saturated heterocycles. The normalized spacial score (nSPS) is 54.6. The van der Waals surface area contributed by atoms with Crippen molar-refractivity contribution in [2.24, 2.45) is 50.7 Å². The van der Waals surface area contributed by atoms with Crippen LogP contribution in [0.2, 0.25) is 0 Å². The van der Waals surface area contributed by atoms with Gasteiger partial charge in [-0.05, 0) is 103 Å². The summed E-state index contributed by atoms with van der Waals surface area (Å²) in [6, 6.07) is 0. The van der Waals surface area contributed by atoms with Crippen LogP contribution in [0, 0.1) is 50.7 Å². The summed E-state index contributed by atoms with van der Waals surface area (Å²) < 4.78 is 0. The molecule has 0 aromatic heterocycles. The first-order chi connectivity index (χ1) is 14.9. The lowest BCUT2D eigenvalue weighted by Gasteiger charge is -2.71. The van der Waals surface area contributed by atoms with Gasteiger partial charge in [0.1, 0.15) is 0 Å². The first-order valence-corrected chi connectivity index (χ1v) is 13.5. The van der Waals surface area contributed by atoms with Gasteiger partial charge >= 0.3 is 0 Å². The molecule has 5 aliphatic carbocycles. The van der Waals surface area contributed by atoms with Gasteiger partial charge in [0.15, 0.2) is 0 Å². The van der Waals surface area contributed by atoms with Gasteiger partial charge in [-0.2, -0.15) is 0 Å². The van der Waals surface area contributed by atoms with Crippen LogP contribution in [-0.4, -0.2) is 22.9 Å². The molecule has 5 aliphatic rings. The first kappa shape index (κ1) is 23.2. The predicted octanol–water partition coefficient (Wildman–Crippen LogP) is 6.92. The van der Waals surface area contributed by atoms with Crippen LogP contribution in [0.4, 0.5) is 0 Å². The molecule has 4 fully saturated rings. The van der Waals surface area contributed by atoms with Crippen LogP contribution in [0.1, 0.15) is 99.3 Å². The second kappa shape index (κ2) is 6.97. The summed E-state index contributed by atoms with van der Waals surface area (Å²) in [4.78, 5) is 0. The molecular weight excluding hydrogens is 392 g/mol. The maximum absolute atomic E-state index is 10.9. The van der Waals surface area contributed by atoms with Gasteiger partial charge in [-0.15, -0.1) is 0 Å². The van der Waals surface area contributed by atoms with Crippen LogP contribution in [0.25, 0.3) is 0 Å². The molecule has 0 aromatic carbocycles. The van der Waals surface area contributed by atoms with Crippen molar-refractivity contribution in [3.8, 4) is 0 Å². The monoisotopic (exact) mass is 440 g/mol. The van der Waals surface area contributed by atoms with Gasteiger partial charge in [-0.3, -0.25) is 0 Å². The van der Waals surface area contributed by atoms with Crippen LogP contribution < -0.4 is 0 Å². The zero-order valence-corrected chi connectivity index (χ0v) is 21.6. The lowest BCUT2D eigenvalue weighted by atomic mass is 9.33. The number of aliphatic hydroxyl groups excluding tert-OH is 2. The van der Waals surface area contributed by atoms with Crippen LogP contribution >= 0.6 is 0 Å². The van der Waals surface area contributed by atoms with E-state index in [9.17, 15) is 10.2 Å². The van der Waals surface area contributed by atoms with Crippen molar-refractivity contribution in [2.45, 2.75) is 105 Å². The summed E-state index contributed by atoms with van der Waals surface area (Å²) in [6.07, 6.45) is 12.9. The van der Waals surface area contributed by atoms with E-state index < -0.39 is 0 Å². The summed E-state index contributed by atoms with van der Waals surface area (Å²) in [5.74, 6) is 2.21. The number of fused-ring (bicyclic) bond motifs is 7. The smallest absolute Gasteiger partial charge is 0.0594 e. The molecule has 0 unspecified atom stereocenters. The number of hydrogen-bond donors (Lipinski definition) is 2. The highest BCUT2D eigenvalue weighted by atomic mass is 16.3. The quantitative estimate of drug-likeness (QED) is 0.435. The van der Waals surface area contributed by atoms with Crippen molar-refractivity contribution in [3.63, 3.8) is 0 Å². The molecular formula is C30H48O2. The average molecular weight is 441 g/mol. The van der Waals surface area contributed by atoms with Crippen molar-refractivity contribution in [1.82, 2.24) is 0 Å². The Morgan fingerprint density at radius 3 is 2.38 bits per heavy atom. The molecule has 0 bridgehead atoms. The zero-order valence-electron chi connectivity index (χ0n) is 21.6. The summed E-state index contributed by atoms with van der Waals surface area (Å²) >= 11 is 0. The van der Waals surface area contributed by atoms with Gasteiger partial charge in [-0.25, -0.2) is 0 Å². The molecule has 9 atom stereocenters. The Hall–Kier alpha value is -0.600. The molecule has 0 aliphatic heterocycles. The lowest BCUT2D eigenvalue weighted by Crippen LogP contribution is -2.65. The van der Waals surface area contributed by atoms with E-state index in [0.717, 1.165) is 25.7 Å². The molecule has 0 heterocycles. The third-order valence-electron chi connectivity index (χ3n) is 13.0. The Labute approximate surface area is 197 Å². The minimum atomic E-state index is -0.163. The summed E-state index contributed by atoms with van der Waals surface area (Å²) in [5.41, 5.74) is 3.95. The fourth-order valence-electron chi connectivity index (χ4n) is 10.6. The standard InChI is InChI=1S/C30H48O2/c1-19-10-15-30(18-31)17-16-28(6)21(25(30)20(19)2)8-9-23-27(5)13-12-24(32)26(3,4)22(27)11-14-29(23,28)7/h8,20,22-25,31-32H,1,9-18H2,2-7H3/t20-,22+,23+,24-,25-,27-,28+,29+,30+/m0/s1. The Balaban J connectivity index is 1.60. The SMILES string of the molecule is C=C1CC[C@]2(CO)CC[C@]3(C)C(=CC[C@@H]4[C@@]5(C)CC[C@H](O)C(C)(C)[C@H]5CC[C@]43C)[C@@H]2[C@H]1C. The van der Waals surface area contributed by atoms with E-state index in [0.29, 0.717) is 41.1 Å². The van der Waals surface area contributed by atoms with Crippen molar-refractivity contribution in [2.75, 3.05) is 6.61 Å². The number of rotatable bonds is 1. The van der Waals surface area contributed by atoms with Crippen molar-refractivity contribution >= 4 is 0 Å². The Morgan fingerprint density at radius 2 is 1.69 bits per heavy atom. The summed E-state index contributed by atoms with van der Waals surface area (Å²) in [6.45, 7) is 19.7. The van der Waals surface area contributed by atoms with Gasteiger partial charge in [0.25, 0.3) is 0 Å². The Kier molecular flexibility index (Phi) is 5.04. The van der Waals surface area contributed by atoms with Gasteiger partial charge in [0, 0.05) is 12.0 Å². The fraction of sp³-hybridized carbons (Fsp3) is 0.867. The molecule has 32 heavy (non-hydrogen) atoms. The maximum Gasteiger partial charge on any atom is 0.0594 e. The highest BCUT2D eigenvalue weighted by molar-refractivity contribution is 5.36. The van der Waals surface area contributed by atoms with Gasteiger partial charge in [0.05, 0.1) is 6.10 Å². The van der Waals surface area contributed by atoms with Gasteiger partial charge in [-0.1, -0.05) is 65.3 Å².